The van der Waals surface area contributed by atoms with Crippen molar-refractivity contribution in [1.82, 2.24) is 15.5 Å². The molecule has 2 fully saturated rings. The van der Waals surface area contributed by atoms with Crippen LogP contribution in [0.5, 0.6) is 5.75 Å². The van der Waals surface area contributed by atoms with Crippen LogP contribution < -0.4 is 20.3 Å². The van der Waals surface area contributed by atoms with E-state index in [9.17, 15) is 0 Å². The Morgan fingerprint density at radius 3 is 2.56 bits per heavy atom. The second kappa shape index (κ2) is 13.8. The summed E-state index contributed by atoms with van der Waals surface area (Å²) in [5, 5.41) is 7.16. The minimum absolute atomic E-state index is 0. The molecule has 2 heterocycles. The molecule has 186 valence electrons. The number of nitrogens with one attached hydrogen (secondary N) is 2. The van der Waals surface area contributed by atoms with Crippen LogP contribution >= 0.6 is 24.0 Å². The van der Waals surface area contributed by atoms with Gasteiger partial charge in [-0.2, -0.15) is 0 Å². The molecule has 34 heavy (non-hydrogen) atoms. The molecule has 1 atom stereocenters. The minimum atomic E-state index is 0. The molecule has 0 aromatic heterocycles. The van der Waals surface area contributed by atoms with Gasteiger partial charge in [0.2, 0.25) is 0 Å². The molecule has 2 aliphatic heterocycles. The fourth-order valence-electron chi connectivity index (χ4n) is 4.83. The average Bonchev–Trinajstić information content (AvgIpc) is 3.34. The fraction of sp³-hybridized carbons (Fsp3) is 0.519. The molecule has 0 saturated carbocycles. The maximum absolute atomic E-state index is 5.39. The van der Waals surface area contributed by atoms with Crippen molar-refractivity contribution in [3.8, 4) is 5.75 Å². The highest BCUT2D eigenvalue weighted by Crippen LogP contribution is 2.27. The number of hydrogen-bond donors (Lipinski definition) is 2. The Balaban J connectivity index is 0.00000324. The van der Waals surface area contributed by atoms with Crippen molar-refractivity contribution < 1.29 is 4.74 Å². The van der Waals surface area contributed by atoms with Gasteiger partial charge >= 0.3 is 0 Å². The van der Waals surface area contributed by atoms with E-state index < -0.39 is 0 Å². The van der Waals surface area contributed by atoms with Crippen molar-refractivity contribution >= 4 is 35.6 Å². The number of hydrogen-bond acceptors (Lipinski definition) is 4. The van der Waals surface area contributed by atoms with Crippen LogP contribution in [-0.2, 0) is 6.54 Å². The van der Waals surface area contributed by atoms with Crippen molar-refractivity contribution in [3.05, 3.63) is 60.2 Å². The van der Waals surface area contributed by atoms with Gasteiger partial charge in [-0.25, -0.2) is 0 Å². The van der Waals surface area contributed by atoms with Crippen molar-refractivity contribution in [3.63, 3.8) is 0 Å². The summed E-state index contributed by atoms with van der Waals surface area (Å²) in [4.78, 5) is 9.98. The predicted octanol–water partition coefficient (Wildman–Crippen LogP) is 4.36. The van der Waals surface area contributed by atoms with Gasteiger partial charge in [-0.3, -0.25) is 9.89 Å². The van der Waals surface area contributed by atoms with Gasteiger partial charge in [-0.1, -0.05) is 36.4 Å². The third-order valence-electron chi connectivity index (χ3n) is 6.73. The topological polar surface area (TPSA) is 52.1 Å². The van der Waals surface area contributed by atoms with Gasteiger partial charge in [0.05, 0.1) is 7.11 Å². The quantitative estimate of drug-likeness (QED) is 0.278. The Morgan fingerprint density at radius 1 is 1.03 bits per heavy atom. The number of likely N-dealkylation sites (tertiary alicyclic amines) is 1. The van der Waals surface area contributed by atoms with Crippen LogP contribution in [0.25, 0.3) is 0 Å². The molecule has 7 heteroatoms. The zero-order valence-electron chi connectivity index (χ0n) is 20.6. The molecule has 2 saturated heterocycles. The monoisotopic (exact) mass is 577 g/mol. The van der Waals surface area contributed by atoms with E-state index in [1.807, 2.05) is 6.07 Å². The van der Waals surface area contributed by atoms with E-state index in [1.165, 1.54) is 17.7 Å². The van der Waals surface area contributed by atoms with Crippen molar-refractivity contribution in [2.45, 2.75) is 38.8 Å². The second-order valence-corrected chi connectivity index (χ2v) is 9.20. The van der Waals surface area contributed by atoms with Crippen LogP contribution in [0, 0.1) is 5.92 Å². The molecule has 4 rings (SSSR count). The van der Waals surface area contributed by atoms with Gasteiger partial charge in [0.25, 0.3) is 0 Å². The molecule has 0 bridgehead atoms. The molecule has 0 radical (unpaired) electrons. The van der Waals surface area contributed by atoms with Crippen LogP contribution in [-0.4, -0.2) is 63.3 Å². The Morgan fingerprint density at radius 2 is 1.82 bits per heavy atom. The number of aliphatic imine (C=N–C) groups is 1. The highest BCUT2D eigenvalue weighted by Gasteiger charge is 2.24. The number of piperidine rings is 1. The Labute approximate surface area is 222 Å². The third-order valence-corrected chi connectivity index (χ3v) is 6.73. The summed E-state index contributed by atoms with van der Waals surface area (Å²) < 4.78 is 5.39. The zero-order chi connectivity index (χ0) is 22.9. The number of methoxy groups -OCH3 is 1. The molecular weight excluding hydrogens is 537 g/mol. The molecule has 0 amide bonds. The summed E-state index contributed by atoms with van der Waals surface area (Å²) in [7, 11) is 1.73. The van der Waals surface area contributed by atoms with E-state index in [2.05, 4.69) is 75.9 Å². The summed E-state index contributed by atoms with van der Waals surface area (Å²) in [6, 6.07) is 19.6. The number of anilines is 1. The standard InChI is InChI=1S/C27H39N5O.HI/c1-3-28-27(30-24-13-15-31(16-14-24)20-22-8-5-4-6-9-22)29-19-23-12-17-32(21-23)25-10-7-11-26(18-25)33-2;/h4-11,18,23-24H,3,12-17,19-21H2,1-2H3,(H2,28,29,30);1H. The van der Waals surface area contributed by atoms with Gasteiger partial charge < -0.3 is 20.3 Å². The molecule has 1 unspecified atom stereocenters. The summed E-state index contributed by atoms with van der Waals surface area (Å²) in [6.45, 7) is 9.33. The van der Waals surface area contributed by atoms with E-state index in [0.29, 0.717) is 12.0 Å². The van der Waals surface area contributed by atoms with Gasteiger partial charge in [-0.15, -0.1) is 24.0 Å². The van der Waals surface area contributed by atoms with Crippen molar-refractivity contribution in [2.24, 2.45) is 10.9 Å². The summed E-state index contributed by atoms with van der Waals surface area (Å²) in [6.07, 6.45) is 3.49. The first-order valence-corrected chi connectivity index (χ1v) is 12.4. The number of rotatable bonds is 8. The van der Waals surface area contributed by atoms with Crippen LogP contribution in [0.3, 0.4) is 0 Å². The van der Waals surface area contributed by atoms with Gasteiger partial charge in [0, 0.05) is 63.6 Å². The maximum Gasteiger partial charge on any atom is 0.191 e. The maximum atomic E-state index is 5.39. The number of halogens is 1. The first-order chi connectivity index (χ1) is 16.2. The largest absolute Gasteiger partial charge is 0.497 e. The average molecular weight is 578 g/mol. The number of guanidine groups is 1. The van der Waals surface area contributed by atoms with E-state index in [-0.39, 0.29) is 24.0 Å². The van der Waals surface area contributed by atoms with E-state index in [1.54, 1.807) is 7.11 Å². The highest BCUT2D eigenvalue weighted by molar-refractivity contribution is 14.0. The molecular formula is C27H40IN5O. The summed E-state index contributed by atoms with van der Waals surface area (Å²) >= 11 is 0. The minimum Gasteiger partial charge on any atom is -0.497 e. The summed E-state index contributed by atoms with van der Waals surface area (Å²) in [5.74, 6) is 2.47. The van der Waals surface area contributed by atoms with Crippen LogP contribution in [0.1, 0.15) is 31.7 Å². The number of nitrogens with zero attached hydrogens (tertiary/aromatic N) is 3. The van der Waals surface area contributed by atoms with E-state index in [0.717, 1.165) is 70.4 Å². The Kier molecular flexibility index (Phi) is 10.8. The van der Waals surface area contributed by atoms with E-state index >= 15 is 0 Å². The lowest BCUT2D eigenvalue weighted by atomic mass is 10.0. The van der Waals surface area contributed by atoms with Gasteiger partial charge in [0.15, 0.2) is 5.96 Å². The second-order valence-electron chi connectivity index (χ2n) is 9.20. The third kappa shape index (κ3) is 7.77. The summed E-state index contributed by atoms with van der Waals surface area (Å²) in [5.41, 5.74) is 2.64. The smallest absolute Gasteiger partial charge is 0.191 e. The first-order valence-electron chi connectivity index (χ1n) is 12.4. The molecule has 0 spiro atoms. The molecule has 2 aromatic rings. The Bertz CT molecular complexity index is 886. The van der Waals surface area contributed by atoms with Crippen LogP contribution in [0.15, 0.2) is 59.6 Å². The SMILES string of the molecule is CCNC(=NCC1CCN(c2cccc(OC)c2)C1)NC1CCN(Cc2ccccc2)CC1.I. The molecule has 6 nitrogen and oxygen atoms in total. The lowest BCUT2D eigenvalue weighted by Gasteiger charge is -2.33. The van der Waals surface area contributed by atoms with Crippen molar-refractivity contribution in [1.29, 1.82) is 0 Å². The normalized spacial score (nSPS) is 19.5. The van der Waals surface area contributed by atoms with Gasteiger partial charge in [-0.05, 0) is 49.8 Å². The van der Waals surface area contributed by atoms with Crippen LogP contribution in [0.4, 0.5) is 5.69 Å². The predicted molar refractivity (Wildman–Crippen MR) is 153 cm³/mol. The Hall–Kier alpha value is -2.00. The molecule has 2 aromatic carbocycles. The molecule has 2 N–H and O–H groups in total. The zero-order valence-corrected chi connectivity index (χ0v) is 22.9. The number of benzene rings is 2. The molecule has 0 aliphatic carbocycles. The lowest BCUT2D eigenvalue weighted by molar-refractivity contribution is 0.198. The first kappa shape index (κ1) is 26.6. The molecule has 2 aliphatic rings. The fourth-order valence-corrected chi connectivity index (χ4v) is 4.83. The van der Waals surface area contributed by atoms with Crippen LogP contribution in [0.2, 0.25) is 0 Å². The lowest BCUT2D eigenvalue weighted by Crippen LogP contribution is -2.48. The van der Waals surface area contributed by atoms with Gasteiger partial charge in [0.1, 0.15) is 5.75 Å². The van der Waals surface area contributed by atoms with E-state index in [4.69, 9.17) is 9.73 Å². The highest BCUT2D eigenvalue weighted by atomic mass is 127. The van der Waals surface area contributed by atoms with Crippen molar-refractivity contribution in [2.75, 3.05) is 51.3 Å². The number of ether oxygens (including phenoxy) is 1.